The van der Waals surface area contributed by atoms with E-state index in [0.29, 0.717) is 0 Å². The molecule has 3 aromatic carbocycles. The molecule has 0 heterocycles. The van der Waals surface area contributed by atoms with Gasteiger partial charge in [0, 0.05) is 27.3 Å². The minimum absolute atomic E-state index is 0. The summed E-state index contributed by atoms with van der Waals surface area (Å²) in [5.41, 5.74) is 3.59. The van der Waals surface area contributed by atoms with Crippen molar-refractivity contribution < 1.29 is 30.3 Å². The number of carboxylic acids is 1. The molecule has 0 fully saturated rings. The van der Waals surface area contributed by atoms with Crippen molar-refractivity contribution in [3.63, 3.8) is 0 Å². The smallest absolute Gasteiger partial charge is 0.300 e. The van der Waals surface area contributed by atoms with E-state index >= 15 is 0 Å². The zero-order valence-electron chi connectivity index (χ0n) is 16.3. The molecule has 0 spiro atoms. The number of benzene rings is 3. The maximum Gasteiger partial charge on any atom is 0.300 e. The third-order valence-corrected chi connectivity index (χ3v) is 2.59. The number of aryl methyl sites for hydroxylation is 3. The third-order valence-electron chi connectivity index (χ3n) is 2.59. The van der Waals surface area contributed by atoms with E-state index in [9.17, 15) is 0 Å². The molecular weight excluding hydrogens is 446 g/mol. The van der Waals surface area contributed by atoms with Crippen molar-refractivity contribution in [1.82, 2.24) is 0 Å². The summed E-state index contributed by atoms with van der Waals surface area (Å²) in [6.45, 7) is 7.17. The molecular formula is C23H28O2PPd-3. The van der Waals surface area contributed by atoms with Crippen molar-refractivity contribution in [2.24, 2.45) is 0 Å². The van der Waals surface area contributed by atoms with E-state index in [1.165, 1.54) is 16.7 Å². The molecule has 0 saturated carbocycles. The molecule has 3 rings (SSSR count). The predicted molar refractivity (Wildman–Crippen MR) is 114 cm³/mol. The molecule has 27 heavy (non-hydrogen) atoms. The Kier molecular flexibility index (Phi) is 22.8. The molecule has 3 aromatic rings. The quantitative estimate of drug-likeness (QED) is 0.265. The van der Waals surface area contributed by atoms with Gasteiger partial charge in [-0.3, -0.25) is 4.79 Å². The van der Waals surface area contributed by atoms with E-state index < -0.39 is 5.97 Å². The molecule has 0 aliphatic heterocycles. The second-order valence-electron chi connectivity index (χ2n) is 5.16. The van der Waals surface area contributed by atoms with Crippen molar-refractivity contribution in [2.75, 3.05) is 0 Å². The zero-order valence-corrected chi connectivity index (χ0v) is 19.3. The van der Waals surface area contributed by atoms with Crippen molar-refractivity contribution >= 4 is 15.9 Å². The van der Waals surface area contributed by atoms with Crippen molar-refractivity contribution in [1.29, 1.82) is 0 Å². The minimum Gasteiger partial charge on any atom is -0.481 e. The van der Waals surface area contributed by atoms with Gasteiger partial charge in [-0.1, -0.05) is 20.8 Å². The Morgan fingerprint density at radius 1 is 0.704 bits per heavy atom. The molecule has 0 aromatic heterocycles. The summed E-state index contributed by atoms with van der Waals surface area (Å²) in [5, 5.41) is 7.42. The van der Waals surface area contributed by atoms with Gasteiger partial charge in [0.25, 0.3) is 5.97 Å². The van der Waals surface area contributed by atoms with Crippen LogP contribution in [0.15, 0.2) is 72.8 Å². The monoisotopic (exact) mass is 473 g/mol. The van der Waals surface area contributed by atoms with Crippen LogP contribution < -0.4 is 0 Å². The Bertz CT molecular complexity index is 581. The molecule has 0 radical (unpaired) electrons. The summed E-state index contributed by atoms with van der Waals surface area (Å²) in [6, 6.07) is 32.8. The molecule has 1 atom stereocenters. The van der Waals surface area contributed by atoms with Crippen molar-refractivity contribution in [3.05, 3.63) is 108 Å². The van der Waals surface area contributed by atoms with Crippen LogP contribution in [-0.2, 0) is 25.2 Å². The topological polar surface area (TPSA) is 37.3 Å². The average molecular weight is 474 g/mol. The Morgan fingerprint density at radius 3 is 1.00 bits per heavy atom. The fourth-order valence-corrected chi connectivity index (χ4v) is 1.45. The van der Waals surface area contributed by atoms with E-state index in [1.807, 2.05) is 93.6 Å². The van der Waals surface area contributed by atoms with Crippen LogP contribution in [0.1, 0.15) is 23.6 Å². The molecule has 1 N–H and O–H groups in total. The maximum absolute atomic E-state index is 9.00. The van der Waals surface area contributed by atoms with E-state index in [2.05, 4.69) is 18.2 Å². The maximum atomic E-state index is 9.00. The van der Waals surface area contributed by atoms with Gasteiger partial charge in [0.1, 0.15) is 0 Å². The minimum atomic E-state index is -0.833. The van der Waals surface area contributed by atoms with Gasteiger partial charge in [0.15, 0.2) is 0 Å². The van der Waals surface area contributed by atoms with E-state index in [4.69, 9.17) is 9.90 Å². The van der Waals surface area contributed by atoms with Crippen LogP contribution in [0, 0.1) is 39.0 Å². The number of carboxylic acid groups (broad SMARTS) is 1. The molecule has 2 nitrogen and oxygen atoms in total. The second kappa shape index (κ2) is 20.5. The Balaban J connectivity index is -0.000000283. The Hall–Kier alpha value is -1.78. The van der Waals surface area contributed by atoms with Gasteiger partial charge in [-0.15, -0.1) is 0 Å². The summed E-state index contributed by atoms with van der Waals surface area (Å²) in [7, 11) is 0. The first kappa shape index (κ1) is 30.0. The van der Waals surface area contributed by atoms with Crippen LogP contribution in [0.5, 0.6) is 0 Å². The van der Waals surface area contributed by atoms with Crippen LogP contribution in [0.4, 0.5) is 0 Å². The number of hydrogen-bond acceptors (Lipinski definition) is 1. The molecule has 1 unspecified atom stereocenters. The number of carbonyl (C=O) groups is 1. The molecule has 0 amide bonds. The molecule has 150 valence electrons. The summed E-state index contributed by atoms with van der Waals surface area (Å²) in [4.78, 5) is 9.00. The van der Waals surface area contributed by atoms with Crippen LogP contribution in [0.2, 0.25) is 0 Å². The summed E-state index contributed by atoms with van der Waals surface area (Å²) >= 11 is 0. The average Bonchev–Trinajstić information content (AvgIpc) is 2.58. The molecule has 0 aliphatic carbocycles. The molecule has 4 heteroatoms. The number of hydrogen-bond donors (Lipinski definition) is 1. The third kappa shape index (κ3) is 24.2. The van der Waals surface area contributed by atoms with Crippen molar-refractivity contribution in [3.8, 4) is 0 Å². The largest absolute Gasteiger partial charge is 0.481 e. The number of rotatable bonds is 0. The summed E-state index contributed by atoms with van der Waals surface area (Å²) in [6.07, 6.45) is 0. The van der Waals surface area contributed by atoms with E-state index in [-0.39, 0.29) is 30.3 Å². The fourth-order valence-electron chi connectivity index (χ4n) is 1.45. The Morgan fingerprint density at radius 2 is 0.926 bits per heavy atom. The normalized spacial score (nSPS) is 7.70. The van der Waals surface area contributed by atoms with Crippen LogP contribution in [0.25, 0.3) is 0 Å². The van der Waals surface area contributed by atoms with Gasteiger partial charge in [0.05, 0.1) is 0 Å². The van der Waals surface area contributed by atoms with E-state index in [1.54, 1.807) is 0 Å². The second-order valence-corrected chi connectivity index (χ2v) is 5.16. The van der Waals surface area contributed by atoms with Gasteiger partial charge < -0.3 is 5.11 Å². The van der Waals surface area contributed by atoms with Crippen LogP contribution in [-0.4, -0.2) is 11.1 Å². The molecule has 0 bridgehead atoms. The molecule has 0 saturated heterocycles. The summed E-state index contributed by atoms with van der Waals surface area (Å²) in [5.74, 6) is -0.833. The first-order valence-corrected chi connectivity index (χ1v) is 7.91. The van der Waals surface area contributed by atoms with Gasteiger partial charge in [-0.25, -0.2) is 0 Å². The van der Waals surface area contributed by atoms with Gasteiger partial charge in [0.2, 0.25) is 0 Å². The standard InChI is InChI=1S/3C7H7.C2H4O2.H3P.Pd/c3*1-7-5-3-2-4-6-7;1-2(3)4;;/h3*2-5H,1H3;1H3,(H,3,4);1H3;/q3*-1;;;. The fraction of sp³-hybridized carbons (Fsp3) is 0.174. The van der Waals surface area contributed by atoms with Crippen LogP contribution in [0.3, 0.4) is 0 Å². The zero-order chi connectivity index (χ0) is 18.9. The van der Waals surface area contributed by atoms with Gasteiger partial charge in [-0.05, 0) is 0 Å². The first-order valence-electron chi connectivity index (χ1n) is 7.91. The molecule has 0 aliphatic rings. The van der Waals surface area contributed by atoms with Gasteiger partial charge in [-0.2, -0.15) is 118 Å². The number of aliphatic carboxylic acids is 1. The Labute approximate surface area is 181 Å². The summed E-state index contributed by atoms with van der Waals surface area (Å²) < 4.78 is 0. The first-order chi connectivity index (χ1) is 11.9. The van der Waals surface area contributed by atoms with Gasteiger partial charge >= 0.3 is 0 Å². The van der Waals surface area contributed by atoms with E-state index in [0.717, 1.165) is 6.92 Å². The SMILES string of the molecule is CC(=O)O.Cc1[c-]cccc1.Cc1[c-]cccc1.Cc1[c-]cccc1.P.[Pd]. The van der Waals surface area contributed by atoms with Crippen LogP contribution >= 0.6 is 9.90 Å². The predicted octanol–water partition coefficient (Wildman–Crippen LogP) is 5.53. The van der Waals surface area contributed by atoms with Crippen molar-refractivity contribution in [2.45, 2.75) is 27.7 Å².